The molecule has 0 aromatic carbocycles. The molecule has 1 atom stereocenters. The number of hydrogen-bond acceptors (Lipinski definition) is 7. The first-order valence-electron chi connectivity index (χ1n) is 10.5. The van der Waals surface area contributed by atoms with Crippen LogP contribution in [-0.2, 0) is 4.79 Å². The Morgan fingerprint density at radius 2 is 1.97 bits per heavy atom. The summed E-state index contributed by atoms with van der Waals surface area (Å²) in [5.74, 6) is -0.0182. The smallest absolute Gasteiger partial charge is 0.277 e. The van der Waals surface area contributed by atoms with E-state index in [0.29, 0.717) is 29.7 Å². The van der Waals surface area contributed by atoms with Crippen molar-refractivity contribution in [2.75, 3.05) is 26.0 Å². The molecule has 2 aromatic rings. The molecule has 0 aliphatic heterocycles. The van der Waals surface area contributed by atoms with Gasteiger partial charge in [0.25, 0.3) is 11.8 Å². The zero-order valence-electron chi connectivity index (χ0n) is 18.7. The Labute approximate surface area is 187 Å². The number of anilines is 1. The third kappa shape index (κ3) is 5.93. The van der Waals surface area contributed by atoms with Crippen molar-refractivity contribution in [2.24, 2.45) is 15.9 Å². The quantitative estimate of drug-likeness (QED) is 0.482. The summed E-state index contributed by atoms with van der Waals surface area (Å²) in [7, 11) is 3.58. The number of pyridine rings is 1. The van der Waals surface area contributed by atoms with Gasteiger partial charge in [-0.25, -0.2) is 19.9 Å². The summed E-state index contributed by atoms with van der Waals surface area (Å²) >= 11 is 0. The van der Waals surface area contributed by atoms with Crippen LogP contribution in [0.15, 0.2) is 47.0 Å². The molecule has 3 rings (SSSR count). The van der Waals surface area contributed by atoms with Gasteiger partial charge in [0.1, 0.15) is 12.0 Å². The van der Waals surface area contributed by atoms with Gasteiger partial charge in [0, 0.05) is 26.8 Å². The molecule has 1 saturated carbocycles. The highest BCUT2D eigenvalue weighted by Gasteiger charge is 2.30. The van der Waals surface area contributed by atoms with E-state index in [-0.39, 0.29) is 23.4 Å². The van der Waals surface area contributed by atoms with Gasteiger partial charge in [0.15, 0.2) is 17.2 Å². The molecular formula is C22H28N8O2. The standard InChI is InChI=1S/C22H28N8O2/c1-5-25-21(31)18-17(7-6-10-26-18)29-22(32)19(27-14(2)15-8-9-15)20(30(3)4)28-16-11-23-13-24-12-16/h6-7,10-15H,5,8-9H2,1-4H3,(H,25,31)(H,29,32). The first kappa shape index (κ1) is 23.0. The summed E-state index contributed by atoms with van der Waals surface area (Å²) in [5.41, 5.74) is 1.11. The normalized spacial score (nSPS) is 15.1. The number of carbonyl (C=O) groups excluding carboxylic acids is 2. The van der Waals surface area contributed by atoms with Gasteiger partial charge < -0.3 is 15.5 Å². The van der Waals surface area contributed by atoms with Crippen LogP contribution in [0, 0.1) is 5.92 Å². The van der Waals surface area contributed by atoms with Gasteiger partial charge >= 0.3 is 0 Å². The van der Waals surface area contributed by atoms with E-state index in [0.717, 1.165) is 12.8 Å². The SMILES string of the molecule is CCNC(=O)c1ncccc1NC(=O)C(=NC(C)C1CC1)C(=Nc1cncnc1)N(C)C. The Balaban J connectivity index is 1.98. The fourth-order valence-electron chi connectivity index (χ4n) is 3.05. The first-order chi connectivity index (χ1) is 15.4. The molecule has 168 valence electrons. The average molecular weight is 437 g/mol. The van der Waals surface area contributed by atoms with Crippen LogP contribution in [0.25, 0.3) is 0 Å². The van der Waals surface area contributed by atoms with Crippen LogP contribution < -0.4 is 10.6 Å². The van der Waals surface area contributed by atoms with E-state index in [1.165, 1.54) is 12.5 Å². The van der Waals surface area contributed by atoms with Crippen molar-refractivity contribution in [1.82, 2.24) is 25.2 Å². The summed E-state index contributed by atoms with van der Waals surface area (Å²) in [5, 5.41) is 5.51. The Morgan fingerprint density at radius 3 is 2.59 bits per heavy atom. The maximum Gasteiger partial charge on any atom is 0.277 e. The van der Waals surface area contributed by atoms with E-state index in [2.05, 4.69) is 30.6 Å². The summed E-state index contributed by atoms with van der Waals surface area (Å²) in [6.45, 7) is 4.26. The maximum atomic E-state index is 13.4. The predicted octanol–water partition coefficient (Wildman–Crippen LogP) is 2.09. The fourth-order valence-corrected chi connectivity index (χ4v) is 3.05. The lowest BCUT2D eigenvalue weighted by Crippen LogP contribution is -2.39. The summed E-state index contributed by atoms with van der Waals surface area (Å²) in [6.07, 6.45) is 8.22. The van der Waals surface area contributed by atoms with Crippen LogP contribution in [0.1, 0.15) is 37.2 Å². The minimum absolute atomic E-state index is 0.0373. The highest BCUT2D eigenvalue weighted by Crippen LogP contribution is 2.34. The van der Waals surface area contributed by atoms with E-state index in [4.69, 9.17) is 4.99 Å². The second kappa shape index (κ2) is 10.6. The van der Waals surface area contributed by atoms with Gasteiger partial charge in [0.2, 0.25) is 0 Å². The Kier molecular flexibility index (Phi) is 7.58. The number of amidine groups is 1. The van der Waals surface area contributed by atoms with E-state index in [1.54, 1.807) is 43.5 Å². The third-order valence-electron chi connectivity index (χ3n) is 4.88. The van der Waals surface area contributed by atoms with Crippen molar-refractivity contribution in [2.45, 2.75) is 32.7 Å². The van der Waals surface area contributed by atoms with Crippen molar-refractivity contribution in [3.63, 3.8) is 0 Å². The number of amides is 2. The lowest BCUT2D eigenvalue weighted by Gasteiger charge is -2.19. The molecule has 0 spiro atoms. The van der Waals surface area contributed by atoms with Crippen molar-refractivity contribution in [3.8, 4) is 0 Å². The van der Waals surface area contributed by atoms with E-state index in [1.807, 2.05) is 13.8 Å². The van der Waals surface area contributed by atoms with Crippen LogP contribution in [0.2, 0.25) is 0 Å². The maximum absolute atomic E-state index is 13.4. The highest BCUT2D eigenvalue weighted by molar-refractivity contribution is 6.68. The molecular weight excluding hydrogens is 408 g/mol. The Bertz CT molecular complexity index is 1020. The lowest BCUT2D eigenvalue weighted by molar-refractivity contribution is -0.110. The van der Waals surface area contributed by atoms with Gasteiger partial charge in [-0.2, -0.15) is 0 Å². The van der Waals surface area contributed by atoms with E-state index < -0.39 is 5.91 Å². The van der Waals surface area contributed by atoms with Crippen molar-refractivity contribution in [1.29, 1.82) is 0 Å². The van der Waals surface area contributed by atoms with E-state index >= 15 is 0 Å². The van der Waals surface area contributed by atoms with Crippen LogP contribution in [-0.4, -0.2) is 69.9 Å². The molecule has 2 amide bonds. The van der Waals surface area contributed by atoms with Crippen LogP contribution in [0.5, 0.6) is 0 Å². The largest absolute Gasteiger partial charge is 0.361 e. The van der Waals surface area contributed by atoms with Gasteiger partial charge in [-0.1, -0.05) is 0 Å². The van der Waals surface area contributed by atoms with Crippen LogP contribution in [0.3, 0.4) is 0 Å². The predicted molar refractivity (Wildman–Crippen MR) is 123 cm³/mol. The molecule has 1 aliphatic carbocycles. The zero-order chi connectivity index (χ0) is 23.1. The number of nitrogens with zero attached hydrogens (tertiary/aromatic N) is 6. The van der Waals surface area contributed by atoms with Gasteiger partial charge in [-0.3, -0.25) is 14.6 Å². The topological polar surface area (TPSA) is 125 Å². The molecule has 2 aromatic heterocycles. The zero-order valence-corrected chi connectivity index (χ0v) is 18.7. The van der Waals surface area contributed by atoms with Gasteiger partial charge in [0.05, 0.1) is 24.1 Å². The van der Waals surface area contributed by atoms with Crippen molar-refractivity contribution >= 4 is 34.7 Å². The van der Waals surface area contributed by atoms with Crippen molar-refractivity contribution < 1.29 is 9.59 Å². The number of rotatable bonds is 8. The minimum atomic E-state index is -0.472. The van der Waals surface area contributed by atoms with Gasteiger partial charge in [-0.05, 0) is 44.7 Å². The second-order valence-corrected chi connectivity index (χ2v) is 7.70. The number of carbonyl (C=O) groups is 2. The molecule has 2 N–H and O–H groups in total. The lowest BCUT2D eigenvalue weighted by atomic mass is 10.2. The van der Waals surface area contributed by atoms with Crippen LogP contribution in [0.4, 0.5) is 11.4 Å². The van der Waals surface area contributed by atoms with Crippen LogP contribution >= 0.6 is 0 Å². The summed E-state index contributed by atoms with van der Waals surface area (Å²) < 4.78 is 0. The molecule has 1 unspecified atom stereocenters. The molecule has 0 saturated heterocycles. The number of aromatic nitrogens is 3. The molecule has 0 bridgehead atoms. The fraction of sp³-hybridized carbons (Fsp3) is 0.409. The monoisotopic (exact) mass is 436 g/mol. The molecule has 10 heteroatoms. The van der Waals surface area contributed by atoms with E-state index in [9.17, 15) is 9.59 Å². The van der Waals surface area contributed by atoms with Crippen molar-refractivity contribution in [3.05, 3.63) is 42.7 Å². The summed E-state index contributed by atoms with van der Waals surface area (Å²) in [6, 6.07) is 3.25. The third-order valence-corrected chi connectivity index (χ3v) is 4.88. The Morgan fingerprint density at radius 1 is 1.25 bits per heavy atom. The second-order valence-electron chi connectivity index (χ2n) is 7.70. The number of nitrogens with one attached hydrogen (secondary N) is 2. The molecule has 32 heavy (non-hydrogen) atoms. The average Bonchev–Trinajstić information content (AvgIpc) is 3.62. The Hall–Kier alpha value is -3.69. The molecule has 1 fully saturated rings. The van der Waals surface area contributed by atoms with Gasteiger partial charge in [-0.15, -0.1) is 0 Å². The minimum Gasteiger partial charge on any atom is -0.361 e. The summed E-state index contributed by atoms with van der Waals surface area (Å²) in [4.78, 5) is 48.9. The first-order valence-corrected chi connectivity index (χ1v) is 10.5. The molecule has 0 radical (unpaired) electrons. The highest BCUT2D eigenvalue weighted by atomic mass is 16.2. The molecule has 2 heterocycles. The number of aliphatic imine (C=N–C) groups is 2. The number of hydrogen-bond donors (Lipinski definition) is 2. The molecule has 1 aliphatic rings. The molecule has 10 nitrogen and oxygen atoms in total.